The first-order valence-corrected chi connectivity index (χ1v) is 8.50. The Bertz CT molecular complexity index is 688. The van der Waals surface area contributed by atoms with E-state index in [0.29, 0.717) is 44.6 Å². The first kappa shape index (κ1) is 16.3. The molecule has 1 aliphatic heterocycles. The number of rotatable bonds is 2. The second-order valence-electron chi connectivity index (χ2n) is 6.55. The molecule has 124 valence electrons. The number of anilines is 1. The van der Waals surface area contributed by atoms with Crippen LogP contribution in [0.4, 0.5) is 5.82 Å². The number of pyridine rings is 1. The van der Waals surface area contributed by atoms with E-state index in [1.807, 2.05) is 4.90 Å². The second kappa shape index (κ2) is 6.88. The summed E-state index contributed by atoms with van der Waals surface area (Å²) in [6.07, 6.45) is 6.06. The van der Waals surface area contributed by atoms with Crippen molar-refractivity contribution in [3.63, 3.8) is 0 Å². The number of hydrogen-bond donors (Lipinski definition) is 0. The van der Waals surface area contributed by atoms with Gasteiger partial charge in [0.1, 0.15) is 11.2 Å². The van der Waals surface area contributed by atoms with Crippen LogP contribution < -0.4 is 4.90 Å². The normalized spacial score (nSPS) is 20.1. The summed E-state index contributed by atoms with van der Waals surface area (Å²) in [6, 6.07) is 7.90. The molecule has 24 heavy (non-hydrogen) atoms. The number of amides is 1. The Morgan fingerprint density at radius 2 is 1.83 bits per heavy atom. The number of aromatic nitrogens is 1. The molecule has 0 radical (unpaired) electrons. The average molecular weight is 323 g/mol. The summed E-state index contributed by atoms with van der Waals surface area (Å²) in [5.41, 5.74) is -0.219. The highest BCUT2D eigenvalue weighted by molar-refractivity contribution is 5.85. The Morgan fingerprint density at radius 3 is 2.46 bits per heavy atom. The molecule has 1 aromatic heterocycles. The van der Waals surface area contributed by atoms with Gasteiger partial charge in [-0.1, -0.05) is 19.3 Å². The van der Waals surface area contributed by atoms with Gasteiger partial charge in [-0.05, 0) is 25.0 Å². The predicted octanol–water partition coefficient (Wildman–Crippen LogP) is 2.08. The van der Waals surface area contributed by atoms with Gasteiger partial charge in [-0.15, -0.1) is 0 Å². The molecule has 1 aromatic rings. The zero-order chi connectivity index (χ0) is 17.0. The van der Waals surface area contributed by atoms with Gasteiger partial charge in [0.05, 0.1) is 17.7 Å². The van der Waals surface area contributed by atoms with Gasteiger partial charge in [-0.3, -0.25) is 4.79 Å². The summed E-state index contributed by atoms with van der Waals surface area (Å²) in [5, 5.41) is 18.6. The SMILES string of the molecule is N#Cc1ccnc(N2CCN(C(=O)C3(C#N)CCCCC3)CC2)c1. The van der Waals surface area contributed by atoms with E-state index in [-0.39, 0.29) is 5.91 Å². The maximum absolute atomic E-state index is 12.9. The Kier molecular flexibility index (Phi) is 4.66. The number of nitrogens with zero attached hydrogens (tertiary/aromatic N) is 5. The van der Waals surface area contributed by atoms with E-state index in [9.17, 15) is 10.1 Å². The van der Waals surface area contributed by atoms with E-state index in [0.717, 1.165) is 25.1 Å². The number of carbonyl (C=O) groups is 1. The molecule has 6 heteroatoms. The average Bonchev–Trinajstić information content (AvgIpc) is 2.68. The standard InChI is InChI=1S/C18H21N5O/c19-13-15-4-7-21-16(12-15)22-8-10-23(11-9-22)17(24)18(14-20)5-2-1-3-6-18/h4,7,12H,1-3,5-6,8-11H2. The summed E-state index contributed by atoms with van der Waals surface area (Å²) in [4.78, 5) is 21.1. The molecule has 1 saturated carbocycles. The van der Waals surface area contributed by atoms with E-state index >= 15 is 0 Å². The molecule has 2 fully saturated rings. The Labute approximate surface area is 142 Å². The fourth-order valence-electron chi connectivity index (χ4n) is 3.63. The van der Waals surface area contributed by atoms with Crippen LogP contribution in [0.2, 0.25) is 0 Å². The van der Waals surface area contributed by atoms with Gasteiger partial charge in [-0.2, -0.15) is 10.5 Å². The summed E-state index contributed by atoms with van der Waals surface area (Å²) in [5.74, 6) is 0.775. The molecular formula is C18H21N5O. The molecule has 3 rings (SSSR count). The van der Waals surface area contributed by atoms with Crippen molar-refractivity contribution in [1.82, 2.24) is 9.88 Å². The fraction of sp³-hybridized carbons (Fsp3) is 0.556. The largest absolute Gasteiger partial charge is 0.353 e. The third-order valence-electron chi connectivity index (χ3n) is 5.10. The van der Waals surface area contributed by atoms with Crippen molar-refractivity contribution in [1.29, 1.82) is 10.5 Å². The van der Waals surface area contributed by atoms with Gasteiger partial charge in [0.25, 0.3) is 0 Å². The first-order chi connectivity index (χ1) is 11.7. The van der Waals surface area contributed by atoms with Crippen molar-refractivity contribution in [3.05, 3.63) is 23.9 Å². The zero-order valence-electron chi connectivity index (χ0n) is 13.7. The highest BCUT2D eigenvalue weighted by Gasteiger charge is 2.43. The number of piperazine rings is 1. The Morgan fingerprint density at radius 1 is 1.12 bits per heavy atom. The Hall–Kier alpha value is -2.60. The minimum Gasteiger partial charge on any atom is -0.353 e. The molecular weight excluding hydrogens is 302 g/mol. The molecule has 0 bridgehead atoms. The lowest BCUT2D eigenvalue weighted by molar-refractivity contribution is -0.140. The third kappa shape index (κ3) is 3.05. The molecule has 1 aliphatic carbocycles. The van der Waals surface area contributed by atoms with E-state index in [1.165, 1.54) is 0 Å². The maximum atomic E-state index is 12.9. The summed E-state index contributed by atoms with van der Waals surface area (Å²) < 4.78 is 0. The quantitative estimate of drug-likeness (QED) is 0.832. The van der Waals surface area contributed by atoms with Gasteiger partial charge in [0.2, 0.25) is 5.91 Å². The smallest absolute Gasteiger partial charge is 0.243 e. The van der Waals surface area contributed by atoms with Crippen molar-refractivity contribution in [3.8, 4) is 12.1 Å². The minimum atomic E-state index is -0.806. The van der Waals surface area contributed by atoms with Crippen LogP contribution in [0.15, 0.2) is 18.3 Å². The molecule has 0 atom stereocenters. The van der Waals surface area contributed by atoms with Gasteiger partial charge in [-0.25, -0.2) is 4.98 Å². The number of hydrogen-bond acceptors (Lipinski definition) is 5. The van der Waals surface area contributed by atoms with E-state index in [1.54, 1.807) is 18.3 Å². The number of nitriles is 2. The van der Waals surface area contributed by atoms with E-state index < -0.39 is 5.41 Å². The van der Waals surface area contributed by atoms with E-state index in [2.05, 4.69) is 22.0 Å². The van der Waals surface area contributed by atoms with Crippen LogP contribution in [-0.4, -0.2) is 42.0 Å². The van der Waals surface area contributed by atoms with Crippen LogP contribution in [0.3, 0.4) is 0 Å². The molecule has 0 spiro atoms. The van der Waals surface area contributed by atoms with Crippen molar-refractivity contribution in [2.45, 2.75) is 32.1 Å². The highest BCUT2D eigenvalue weighted by atomic mass is 16.2. The van der Waals surface area contributed by atoms with Crippen LogP contribution in [0.25, 0.3) is 0 Å². The van der Waals surface area contributed by atoms with Gasteiger partial charge in [0, 0.05) is 32.4 Å². The molecule has 0 N–H and O–H groups in total. The third-order valence-corrected chi connectivity index (χ3v) is 5.10. The topological polar surface area (TPSA) is 84.0 Å². The van der Waals surface area contributed by atoms with Crippen LogP contribution in [0.1, 0.15) is 37.7 Å². The first-order valence-electron chi connectivity index (χ1n) is 8.50. The highest BCUT2D eigenvalue weighted by Crippen LogP contribution is 2.37. The van der Waals surface area contributed by atoms with Crippen molar-refractivity contribution < 1.29 is 4.79 Å². The van der Waals surface area contributed by atoms with Crippen LogP contribution in [0, 0.1) is 28.1 Å². The van der Waals surface area contributed by atoms with Gasteiger partial charge in [0.15, 0.2) is 0 Å². The molecule has 6 nitrogen and oxygen atoms in total. The summed E-state index contributed by atoms with van der Waals surface area (Å²) in [6.45, 7) is 2.55. The summed E-state index contributed by atoms with van der Waals surface area (Å²) >= 11 is 0. The second-order valence-corrected chi connectivity index (χ2v) is 6.55. The van der Waals surface area contributed by atoms with Crippen molar-refractivity contribution in [2.75, 3.05) is 31.1 Å². The molecule has 1 amide bonds. The minimum absolute atomic E-state index is 0.00286. The van der Waals surface area contributed by atoms with Crippen molar-refractivity contribution in [2.24, 2.45) is 5.41 Å². The van der Waals surface area contributed by atoms with Crippen LogP contribution >= 0.6 is 0 Å². The molecule has 0 unspecified atom stereocenters. The lowest BCUT2D eigenvalue weighted by atomic mass is 9.74. The van der Waals surface area contributed by atoms with Gasteiger partial charge < -0.3 is 9.80 Å². The monoisotopic (exact) mass is 323 g/mol. The van der Waals surface area contributed by atoms with Crippen molar-refractivity contribution >= 4 is 11.7 Å². The van der Waals surface area contributed by atoms with Crippen LogP contribution in [-0.2, 0) is 4.79 Å². The Balaban J connectivity index is 1.65. The number of carbonyl (C=O) groups excluding carboxylic acids is 1. The lowest BCUT2D eigenvalue weighted by Crippen LogP contribution is -2.53. The van der Waals surface area contributed by atoms with Gasteiger partial charge >= 0.3 is 0 Å². The van der Waals surface area contributed by atoms with E-state index in [4.69, 9.17) is 5.26 Å². The lowest BCUT2D eigenvalue weighted by Gasteiger charge is -2.40. The predicted molar refractivity (Wildman–Crippen MR) is 88.9 cm³/mol. The summed E-state index contributed by atoms with van der Waals surface area (Å²) in [7, 11) is 0. The maximum Gasteiger partial charge on any atom is 0.243 e. The molecule has 2 aliphatic rings. The van der Waals surface area contributed by atoms with Crippen LogP contribution in [0.5, 0.6) is 0 Å². The molecule has 1 saturated heterocycles. The zero-order valence-corrected chi connectivity index (χ0v) is 13.7. The molecule has 0 aromatic carbocycles. The molecule has 2 heterocycles. The fourth-order valence-corrected chi connectivity index (χ4v) is 3.63.